The van der Waals surface area contributed by atoms with Gasteiger partial charge in [0.25, 0.3) is 0 Å². The lowest BCUT2D eigenvalue weighted by Crippen LogP contribution is -2.33. The van der Waals surface area contributed by atoms with Gasteiger partial charge in [0, 0.05) is 6.04 Å². The number of carbonyl (C=O) groups is 1. The Morgan fingerprint density at radius 2 is 2.05 bits per heavy atom. The molecule has 7 heteroatoms. The van der Waals surface area contributed by atoms with Crippen molar-refractivity contribution in [1.82, 2.24) is 4.72 Å². The van der Waals surface area contributed by atoms with Crippen LogP contribution in [0.3, 0.4) is 0 Å². The van der Waals surface area contributed by atoms with Gasteiger partial charge in [0.1, 0.15) is 11.3 Å². The first kappa shape index (κ1) is 14.8. The molecule has 0 saturated heterocycles. The van der Waals surface area contributed by atoms with Crippen molar-refractivity contribution in [2.24, 2.45) is 5.92 Å². The van der Waals surface area contributed by atoms with Crippen molar-refractivity contribution in [2.45, 2.75) is 37.1 Å². The summed E-state index contributed by atoms with van der Waals surface area (Å²) in [6.45, 7) is 2.07. The van der Waals surface area contributed by atoms with Crippen LogP contribution in [0.25, 0.3) is 0 Å². The molecule has 3 N–H and O–H groups in total. The molecule has 0 heterocycles. The number of hydrogen-bond acceptors (Lipinski definition) is 4. The number of rotatable bonds is 4. The van der Waals surface area contributed by atoms with Gasteiger partial charge >= 0.3 is 5.97 Å². The van der Waals surface area contributed by atoms with Gasteiger partial charge in [-0.3, -0.25) is 0 Å². The number of nitrogens with one attached hydrogen (secondary N) is 1. The minimum Gasteiger partial charge on any atom is -0.507 e. The highest BCUT2D eigenvalue weighted by atomic mass is 32.2. The van der Waals surface area contributed by atoms with E-state index in [1.54, 1.807) is 0 Å². The van der Waals surface area contributed by atoms with E-state index in [-0.39, 0.29) is 10.9 Å². The molecule has 1 aromatic rings. The largest absolute Gasteiger partial charge is 0.507 e. The molecule has 0 aliphatic heterocycles. The van der Waals surface area contributed by atoms with Crippen LogP contribution >= 0.6 is 0 Å². The molecular weight excluding hydrogens is 282 g/mol. The van der Waals surface area contributed by atoms with E-state index in [9.17, 15) is 18.3 Å². The molecule has 2 rings (SSSR count). The summed E-state index contributed by atoms with van der Waals surface area (Å²) in [7, 11) is -3.76. The van der Waals surface area contributed by atoms with E-state index >= 15 is 0 Å². The maximum absolute atomic E-state index is 12.2. The molecule has 0 spiro atoms. The summed E-state index contributed by atoms with van der Waals surface area (Å²) in [6, 6.07) is 3.13. The van der Waals surface area contributed by atoms with Crippen LogP contribution in [0.15, 0.2) is 23.1 Å². The van der Waals surface area contributed by atoms with Crippen molar-refractivity contribution >= 4 is 16.0 Å². The third kappa shape index (κ3) is 3.10. The summed E-state index contributed by atoms with van der Waals surface area (Å²) in [5.74, 6) is -1.34. The monoisotopic (exact) mass is 299 g/mol. The molecule has 110 valence electrons. The zero-order chi connectivity index (χ0) is 14.9. The molecule has 6 nitrogen and oxygen atoms in total. The fraction of sp³-hybridized carbons (Fsp3) is 0.462. The number of aromatic carboxylic acids is 1. The predicted octanol–water partition coefficient (Wildman–Crippen LogP) is 1.56. The van der Waals surface area contributed by atoms with Crippen molar-refractivity contribution in [3.8, 4) is 5.75 Å². The Hall–Kier alpha value is -1.60. The van der Waals surface area contributed by atoms with Crippen LogP contribution in [-0.4, -0.2) is 30.6 Å². The number of sulfonamides is 1. The van der Waals surface area contributed by atoms with E-state index in [4.69, 9.17) is 5.11 Å². The van der Waals surface area contributed by atoms with Crippen molar-refractivity contribution < 1.29 is 23.4 Å². The maximum atomic E-state index is 12.2. The van der Waals surface area contributed by atoms with Crippen molar-refractivity contribution in [1.29, 1.82) is 0 Å². The van der Waals surface area contributed by atoms with Gasteiger partial charge in [0.2, 0.25) is 10.0 Å². The standard InChI is InChI=1S/C13H17NO5S/c1-8-2-3-9(6-8)14-20(18,19)10-4-5-12(15)11(7-10)13(16)17/h4-5,7-9,14-15H,2-3,6H2,1H3,(H,16,17). The molecule has 2 unspecified atom stereocenters. The minimum atomic E-state index is -3.76. The van der Waals surface area contributed by atoms with E-state index in [0.29, 0.717) is 5.92 Å². The number of carboxylic acids is 1. The topological polar surface area (TPSA) is 104 Å². The van der Waals surface area contributed by atoms with E-state index in [1.807, 2.05) is 0 Å². The quantitative estimate of drug-likeness (QED) is 0.782. The number of aromatic hydroxyl groups is 1. The summed E-state index contributed by atoms with van der Waals surface area (Å²) in [5, 5.41) is 18.3. The first-order chi connectivity index (χ1) is 9.29. The van der Waals surface area contributed by atoms with E-state index in [1.165, 1.54) is 6.07 Å². The van der Waals surface area contributed by atoms with Gasteiger partial charge in [-0.15, -0.1) is 0 Å². The van der Waals surface area contributed by atoms with Gasteiger partial charge in [0.05, 0.1) is 4.90 Å². The summed E-state index contributed by atoms with van der Waals surface area (Å²) < 4.78 is 27.0. The smallest absolute Gasteiger partial charge is 0.339 e. The lowest BCUT2D eigenvalue weighted by Gasteiger charge is -2.13. The summed E-state index contributed by atoms with van der Waals surface area (Å²) in [4.78, 5) is 10.8. The molecule has 0 radical (unpaired) electrons. The van der Waals surface area contributed by atoms with Crippen LogP contribution in [0, 0.1) is 5.92 Å². The van der Waals surface area contributed by atoms with E-state index in [0.717, 1.165) is 31.4 Å². The number of benzene rings is 1. The van der Waals surface area contributed by atoms with Gasteiger partial charge in [-0.25, -0.2) is 17.9 Å². The Balaban J connectivity index is 2.25. The van der Waals surface area contributed by atoms with Gasteiger partial charge < -0.3 is 10.2 Å². The van der Waals surface area contributed by atoms with Crippen LogP contribution in [0.4, 0.5) is 0 Å². The van der Waals surface area contributed by atoms with Gasteiger partial charge in [-0.1, -0.05) is 6.92 Å². The number of hydrogen-bond donors (Lipinski definition) is 3. The molecule has 0 aromatic heterocycles. The van der Waals surface area contributed by atoms with Crippen molar-refractivity contribution in [3.05, 3.63) is 23.8 Å². The van der Waals surface area contributed by atoms with Crippen LogP contribution in [0.5, 0.6) is 5.75 Å². The summed E-state index contributed by atoms with van der Waals surface area (Å²) in [6.07, 6.45) is 2.54. The number of phenols is 1. The average Bonchev–Trinajstić information content (AvgIpc) is 2.73. The first-order valence-electron chi connectivity index (χ1n) is 6.38. The van der Waals surface area contributed by atoms with Crippen LogP contribution in [0.1, 0.15) is 36.5 Å². The molecule has 1 saturated carbocycles. The molecule has 1 fully saturated rings. The Kier molecular flexibility index (Phi) is 4.01. The maximum Gasteiger partial charge on any atom is 0.339 e. The SMILES string of the molecule is CC1CCC(NS(=O)(=O)c2ccc(O)c(C(=O)O)c2)C1. The van der Waals surface area contributed by atoms with Crippen molar-refractivity contribution in [3.63, 3.8) is 0 Å². The molecule has 1 aliphatic carbocycles. The fourth-order valence-corrected chi connectivity index (χ4v) is 3.76. The van der Waals surface area contributed by atoms with E-state index in [2.05, 4.69) is 11.6 Å². The Bertz CT molecular complexity index is 626. The molecule has 0 amide bonds. The van der Waals surface area contributed by atoms with Crippen molar-refractivity contribution in [2.75, 3.05) is 0 Å². The van der Waals surface area contributed by atoms with Gasteiger partial charge in [-0.2, -0.15) is 0 Å². The Morgan fingerprint density at radius 1 is 1.35 bits per heavy atom. The third-order valence-electron chi connectivity index (χ3n) is 3.53. The number of carboxylic acid groups (broad SMARTS) is 1. The first-order valence-corrected chi connectivity index (χ1v) is 7.86. The zero-order valence-corrected chi connectivity index (χ0v) is 11.9. The lowest BCUT2D eigenvalue weighted by atomic mass is 10.1. The Labute approximate surface area is 117 Å². The third-order valence-corrected chi connectivity index (χ3v) is 5.04. The van der Waals surface area contributed by atoms with Crippen LogP contribution in [-0.2, 0) is 10.0 Å². The second-order valence-electron chi connectivity index (χ2n) is 5.22. The van der Waals surface area contributed by atoms with Crippen LogP contribution in [0.2, 0.25) is 0 Å². The molecule has 1 aromatic carbocycles. The zero-order valence-electron chi connectivity index (χ0n) is 11.0. The highest BCUT2D eigenvalue weighted by molar-refractivity contribution is 7.89. The summed E-state index contributed by atoms with van der Waals surface area (Å²) >= 11 is 0. The summed E-state index contributed by atoms with van der Waals surface area (Å²) in [5.41, 5.74) is -0.423. The molecule has 2 atom stereocenters. The molecule has 0 bridgehead atoms. The molecular formula is C13H17NO5S. The van der Waals surface area contributed by atoms with E-state index < -0.39 is 27.3 Å². The minimum absolute atomic E-state index is 0.114. The second kappa shape index (κ2) is 5.41. The highest BCUT2D eigenvalue weighted by Crippen LogP contribution is 2.27. The molecule has 1 aliphatic rings. The second-order valence-corrected chi connectivity index (χ2v) is 6.93. The fourth-order valence-electron chi connectivity index (χ4n) is 2.46. The van der Waals surface area contributed by atoms with Gasteiger partial charge in [-0.05, 0) is 43.4 Å². The lowest BCUT2D eigenvalue weighted by molar-refractivity contribution is 0.0693. The average molecular weight is 299 g/mol. The predicted molar refractivity (Wildman–Crippen MR) is 72.2 cm³/mol. The normalized spacial score (nSPS) is 22.9. The highest BCUT2D eigenvalue weighted by Gasteiger charge is 2.27. The van der Waals surface area contributed by atoms with Gasteiger partial charge in [0.15, 0.2) is 0 Å². The molecule has 20 heavy (non-hydrogen) atoms. The Morgan fingerprint density at radius 3 is 2.60 bits per heavy atom. The van der Waals surface area contributed by atoms with Crippen LogP contribution < -0.4 is 4.72 Å².